The van der Waals surface area contributed by atoms with Gasteiger partial charge >= 0.3 is 6.03 Å². The summed E-state index contributed by atoms with van der Waals surface area (Å²) in [7, 11) is 1.62. The van der Waals surface area contributed by atoms with E-state index in [0.717, 1.165) is 17.5 Å². The number of fused-ring (bicyclic) bond motifs is 1. The summed E-state index contributed by atoms with van der Waals surface area (Å²) < 4.78 is 18.6. The minimum absolute atomic E-state index is 0.0134. The highest BCUT2D eigenvalue weighted by atomic mass is 19.1. The monoisotopic (exact) mass is 385 g/mol. The van der Waals surface area contributed by atoms with E-state index in [1.54, 1.807) is 42.3 Å². The average Bonchev–Trinajstić information content (AvgIpc) is 3.12. The molecule has 0 saturated carbocycles. The third kappa shape index (κ3) is 4.67. The van der Waals surface area contributed by atoms with Gasteiger partial charge in [-0.1, -0.05) is 13.0 Å². The molecule has 3 rings (SSSR count). The summed E-state index contributed by atoms with van der Waals surface area (Å²) in [6, 6.07) is 11.0. The summed E-state index contributed by atoms with van der Waals surface area (Å²) in [5.74, 6) is -0.490. The lowest BCUT2D eigenvalue weighted by atomic mass is 10.1. The smallest absolute Gasteiger partial charge is 0.322 e. The molecule has 148 valence electrons. The number of methoxy groups -OCH3 is 1. The van der Waals surface area contributed by atoms with Crippen molar-refractivity contribution in [1.29, 1.82) is 0 Å². The number of anilines is 1. The zero-order valence-electron chi connectivity index (χ0n) is 16.0. The minimum atomic E-state index is -0.300. The van der Waals surface area contributed by atoms with E-state index in [4.69, 9.17) is 4.74 Å². The molecular weight excluding hydrogens is 361 g/mol. The second kappa shape index (κ2) is 8.84. The Balaban J connectivity index is 1.54. The van der Waals surface area contributed by atoms with Crippen molar-refractivity contribution in [3.05, 3.63) is 65.0 Å². The topological polar surface area (TPSA) is 70.7 Å². The number of ether oxygens (including phenoxy) is 1. The summed E-state index contributed by atoms with van der Waals surface area (Å²) >= 11 is 0. The molecule has 28 heavy (non-hydrogen) atoms. The number of halogens is 1. The minimum Gasteiger partial charge on any atom is -0.380 e. The predicted molar refractivity (Wildman–Crippen MR) is 105 cm³/mol. The number of carbonyl (C=O) groups excluding carboxylic acids is 2. The first-order chi connectivity index (χ1) is 13.5. The van der Waals surface area contributed by atoms with Crippen molar-refractivity contribution in [2.75, 3.05) is 19.0 Å². The molecule has 1 heterocycles. The molecule has 0 aliphatic carbocycles. The Hall–Kier alpha value is -2.93. The van der Waals surface area contributed by atoms with Crippen molar-refractivity contribution < 1.29 is 18.7 Å². The molecule has 2 N–H and O–H groups in total. The van der Waals surface area contributed by atoms with Gasteiger partial charge in [0.15, 0.2) is 0 Å². The van der Waals surface area contributed by atoms with Gasteiger partial charge in [-0.05, 0) is 53.9 Å². The zero-order chi connectivity index (χ0) is 20.1. The molecule has 1 unspecified atom stereocenters. The van der Waals surface area contributed by atoms with Crippen LogP contribution in [0.2, 0.25) is 0 Å². The maximum absolute atomic E-state index is 13.3. The summed E-state index contributed by atoms with van der Waals surface area (Å²) in [5, 5.41) is 5.64. The predicted octanol–water partition coefficient (Wildman–Crippen LogP) is 3.53. The second-order valence-corrected chi connectivity index (χ2v) is 6.75. The number of nitrogens with one attached hydrogen (secondary N) is 2. The second-order valence-electron chi connectivity index (χ2n) is 6.75. The molecule has 3 amide bonds. The summed E-state index contributed by atoms with van der Waals surface area (Å²) in [6.07, 6.45) is 0.801. The number of urea groups is 1. The highest BCUT2D eigenvalue weighted by Gasteiger charge is 2.23. The molecule has 2 aromatic carbocycles. The first-order valence-corrected chi connectivity index (χ1v) is 9.24. The molecule has 1 atom stereocenters. The molecule has 6 nitrogen and oxygen atoms in total. The third-order valence-corrected chi connectivity index (χ3v) is 4.86. The average molecular weight is 385 g/mol. The van der Waals surface area contributed by atoms with E-state index in [2.05, 4.69) is 10.6 Å². The standard InChI is InChI=1S/C21H24FN3O3/c1-3-19(28-2)11-23-20(26)14-5-8-18(9-6-14)24-21(27)25-12-15-4-7-17(22)10-16(15)13-25/h4-10,19H,3,11-13H2,1-2H3,(H,23,26)(H,24,27). The van der Waals surface area contributed by atoms with Gasteiger partial charge in [0.25, 0.3) is 5.91 Å². The van der Waals surface area contributed by atoms with Gasteiger partial charge in [0.05, 0.1) is 6.10 Å². The van der Waals surface area contributed by atoms with Crippen molar-refractivity contribution in [2.45, 2.75) is 32.5 Å². The first kappa shape index (κ1) is 19.8. The Kier molecular flexibility index (Phi) is 6.26. The summed E-state index contributed by atoms with van der Waals surface area (Å²) in [4.78, 5) is 26.3. The van der Waals surface area contributed by atoms with Crippen molar-refractivity contribution in [2.24, 2.45) is 0 Å². The van der Waals surface area contributed by atoms with Gasteiger partial charge < -0.3 is 20.3 Å². The lowest BCUT2D eigenvalue weighted by molar-refractivity contribution is 0.0815. The van der Waals surface area contributed by atoms with Crippen molar-refractivity contribution in [1.82, 2.24) is 10.2 Å². The van der Waals surface area contributed by atoms with Crippen LogP contribution in [0.4, 0.5) is 14.9 Å². The lowest BCUT2D eigenvalue weighted by Gasteiger charge is -2.17. The van der Waals surface area contributed by atoms with Gasteiger partial charge in [-0.2, -0.15) is 0 Å². The van der Waals surface area contributed by atoms with E-state index in [-0.39, 0.29) is 23.9 Å². The Morgan fingerprint density at radius 1 is 1.14 bits per heavy atom. The van der Waals surface area contributed by atoms with Gasteiger partial charge in [0.2, 0.25) is 0 Å². The number of benzene rings is 2. The fraction of sp³-hybridized carbons (Fsp3) is 0.333. The third-order valence-electron chi connectivity index (χ3n) is 4.86. The molecule has 1 aliphatic rings. The van der Waals surface area contributed by atoms with E-state index in [1.165, 1.54) is 12.1 Å². The van der Waals surface area contributed by atoms with E-state index < -0.39 is 0 Å². The van der Waals surface area contributed by atoms with Gasteiger partial charge in [0, 0.05) is 38.0 Å². The van der Waals surface area contributed by atoms with E-state index in [9.17, 15) is 14.0 Å². The zero-order valence-corrected chi connectivity index (χ0v) is 16.0. The van der Waals surface area contributed by atoms with E-state index in [0.29, 0.717) is 30.9 Å². The van der Waals surface area contributed by atoms with Crippen LogP contribution < -0.4 is 10.6 Å². The Labute approximate surface area is 163 Å². The lowest BCUT2D eigenvalue weighted by Crippen LogP contribution is -2.32. The summed E-state index contributed by atoms with van der Waals surface area (Å²) in [6.45, 7) is 3.26. The van der Waals surface area contributed by atoms with Crippen LogP contribution in [0.15, 0.2) is 42.5 Å². The fourth-order valence-corrected chi connectivity index (χ4v) is 3.12. The highest BCUT2D eigenvalue weighted by molar-refractivity contribution is 5.95. The van der Waals surface area contributed by atoms with Gasteiger partial charge in [-0.15, -0.1) is 0 Å². The number of nitrogens with zero attached hydrogens (tertiary/aromatic N) is 1. The molecule has 0 fully saturated rings. The number of rotatable bonds is 6. The van der Waals surface area contributed by atoms with Gasteiger partial charge in [-0.25, -0.2) is 9.18 Å². The first-order valence-electron chi connectivity index (χ1n) is 9.24. The molecule has 0 radical (unpaired) electrons. The number of carbonyl (C=O) groups is 2. The van der Waals surface area contributed by atoms with Crippen LogP contribution in [0.1, 0.15) is 34.8 Å². The fourth-order valence-electron chi connectivity index (χ4n) is 3.12. The summed E-state index contributed by atoms with van der Waals surface area (Å²) in [5.41, 5.74) is 2.87. The van der Waals surface area contributed by atoms with Crippen LogP contribution in [0, 0.1) is 5.82 Å². The Morgan fingerprint density at radius 3 is 2.54 bits per heavy atom. The quantitative estimate of drug-likeness (QED) is 0.799. The van der Waals surface area contributed by atoms with E-state index >= 15 is 0 Å². The number of amides is 3. The highest BCUT2D eigenvalue weighted by Crippen LogP contribution is 2.24. The van der Waals surface area contributed by atoms with Crippen LogP contribution in [-0.2, 0) is 17.8 Å². The Morgan fingerprint density at radius 2 is 1.86 bits per heavy atom. The maximum atomic E-state index is 13.3. The van der Waals surface area contributed by atoms with Crippen LogP contribution in [0.3, 0.4) is 0 Å². The molecule has 0 aromatic heterocycles. The molecule has 0 saturated heterocycles. The SMILES string of the molecule is CCC(CNC(=O)c1ccc(NC(=O)N2Cc3ccc(F)cc3C2)cc1)OC. The maximum Gasteiger partial charge on any atom is 0.322 e. The molecule has 0 spiro atoms. The molecule has 0 bridgehead atoms. The normalized spacial score (nSPS) is 13.8. The van der Waals surface area contributed by atoms with Crippen LogP contribution in [0.25, 0.3) is 0 Å². The molecular formula is C21H24FN3O3. The van der Waals surface area contributed by atoms with Crippen molar-refractivity contribution >= 4 is 17.6 Å². The van der Waals surface area contributed by atoms with Crippen LogP contribution in [0.5, 0.6) is 0 Å². The van der Waals surface area contributed by atoms with Crippen molar-refractivity contribution in [3.63, 3.8) is 0 Å². The van der Waals surface area contributed by atoms with E-state index in [1.807, 2.05) is 6.92 Å². The molecule has 7 heteroatoms. The van der Waals surface area contributed by atoms with Crippen LogP contribution >= 0.6 is 0 Å². The number of hydrogen-bond donors (Lipinski definition) is 2. The molecule has 1 aliphatic heterocycles. The van der Waals surface area contributed by atoms with Gasteiger partial charge in [0.1, 0.15) is 5.82 Å². The number of hydrogen-bond acceptors (Lipinski definition) is 3. The van der Waals surface area contributed by atoms with Gasteiger partial charge in [-0.3, -0.25) is 4.79 Å². The molecule has 2 aromatic rings. The van der Waals surface area contributed by atoms with Crippen LogP contribution in [-0.4, -0.2) is 36.6 Å². The largest absolute Gasteiger partial charge is 0.380 e. The Bertz CT molecular complexity index is 850. The van der Waals surface area contributed by atoms with Crippen molar-refractivity contribution in [3.8, 4) is 0 Å².